The molecule has 1 amide bonds. The van der Waals surface area contributed by atoms with Gasteiger partial charge in [-0.1, -0.05) is 18.0 Å². The Morgan fingerprint density at radius 1 is 1.20 bits per heavy atom. The lowest BCUT2D eigenvalue weighted by molar-refractivity contribution is -0.116. The van der Waals surface area contributed by atoms with Gasteiger partial charge in [-0.3, -0.25) is 4.79 Å². The predicted octanol–water partition coefficient (Wildman–Crippen LogP) is 2.81. The third-order valence-corrected chi connectivity index (χ3v) is 3.15. The minimum absolute atomic E-state index is 0.0651. The fraction of sp³-hybridized carbons (Fsp3) is 0.500. The highest BCUT2D eigenvalue weighted by atomic mass is 35.5. The SMILES string of the molecule is COc1cc(NC(=O)CCCCCN)c(OC)cc1Cl. The summed E-state index contributed by atoms with van der Waals surface area (Å²) in [6.07, 6.45) is 3.15. The number of halogens is 1. The number of nitrogens with one attached hydrogen (secondary N) is 1. The van der Waals surface area contributed by atoms with Gasteiger partial charge in [0.2, 0.25) is 5.91 Å². The number of hydrogen-bond donors (Lipinski definition) is 2. The molecule has 0 radical (unpaired) electrons. The minimum Gasteiger partial charge on any atom is -0.495 e. The van der Waals surface area contributed by atoms with Crippen molar-refractivity contribution in [3.63, 3.8) is 0 Å². The number of hydrogen-bond acceptors (Lipinski definition) is 4. The van der Waals surface area contributed by atoms with Crippen LogP contribution >= 0.6 is 11.6 Å². The largest absolute Gasteiger partial charge is 0.495 e. The Labute approximate surface area is 124 Å². The van der Waals surface area contributed by atoms with E-state index < -0.39 is 0 Å². The normalized spacial score (nSPS) is 10.2. The fourth-order valence-electron chi connectivity index (χ4n) is 1.78. The molecule has 0 spiro atoms. The van der Waals surface area contributed by atoms with Gasteiger partial charge >= 0.3 is 0 Å². The molecule has 0 atom stereocenters. The van der Waals surface area contributed by atoms with Crippen molar-refractivity contribution in [1.82, 2.24) is 0 Å². The summed E-state index contributed by atoms with van der Waals surface area (Å²) in [4.78, 5) is 11.9. The zero-order valence-corrected chi connectivity index (χ0v) is 12.6. The maximum Gasteiger partial charge on any atom is 0.224 e. The first-order chi connectivity index (χ1) is 9.62. The van der Waals surface area contributed by atoms with Crippen molar-refractivity contribution in [2.75, 3.05) is 26.1 Å². The van der Waals surface area contributed by atoms with Crippen molar-refractivity contribution < 1.29 is 14.3 Å². The van der Waals surface area contributed by atoms with Crippen LogP contribution in [-0.2, 0) is 4.79 Å². The fourth-order valence-corrected chi connectivity index (χ4v) is 2.01. The van der Waals surface area contributed by atoms with Crippen LogP contribution in [0.4, 0.5) is 5.69 Å². The number of ether oxygens (including phenoxy) is 2. The Bertz CT molecular complexity index is 452. The first-order valence-electron chi connectivity index (χ1n) is 6.53. The van der Waals surface area contributed by atoms with Gasteiger partial charge in [0.25, 0.3) is 0 Å². The average Bonchev–Trinajstić information content (AvgIpc) is 2.45. The molecule has 1 rings (SSSR count). The first-order valence-corrected chi connectivity index (χ1v) is 6.91. The van der Waals surface area contributed by atoms with Gasteiger partial charge in [0.1, 0.15) is 11.5 Å². The van der Waals surface area contributed by atoms with Gasteiger partial charge < -0.3 is 20.5 Å². The summed E-state index contributed by atoms with van der Waals surface area (Å²) in [5, 5.41) is 3.24. The molecular formula is C14H21ClN2O3. The van der Waals surface area contributed by atoms with E-state index in [1.807, 2.05) is 0 Å². The maximum atomic E-state index is 11.9. The molecule has 0 heterocycles. The van der Waals surface area contributed by atoms with Gasteiger partial charge in [-0.25, -0.2) is 0 Å². The van der Waals surface area contributed by atoms with E-state index in [0.717, 1.165) is 19.3 Å². The number of benzene rings is 1. The van der Waals surface area contributed by atoms with Crippen LogP contribution in [0.15, 0.2) is 12.1 Å². The Hall–Kier alpha value is -1.46. The third-order valence-electron chi connectivity index (χ3n) is 2.86. The standard InChI is InChI=1S/C14H21ClN2O3/c1-19-12-9-11(13(20-2)8-10(12)15)17-14(18)6-4-3-5-7-16/h8-9H,3-7,16H2,1-2H3,(H,17,18). The van der Waals surface area contributed by atoms with Crippen LogP contribution < -0.4 is 20.5 Å². The van der Waals surface area contributed by atoms with E-state index in [4.69, 9.17) is 26.8 Å². The number of methoxy groups -OCH3 is 2. The van der Waals surface area contributed by atoms with E-state index in [1.54, 1.807) is 12.1 Å². The maximum absolute atomic E-state index is 11.9. The Morgan fingerprint density at radius 2 is 1.90 bits per heavy atom. The summed E-state index contributed by atoms with van der Waals surface area (Å²) in [5.74, 6) is 0.932. The van der Waals surface area contributed by atoms with Crippen LogP contribution in [-0.4, -0.2) is 26.7 Å². The highest BCUT2D eigenvalue weighted by molar-refractivity contribution is 6.32. The summed E-state index contributed by atoms with van der Waals surface area (Å²) in [5.41, 5.74) is 5.96. The molecule has 112 valence electrons. The van der Waals surface area contributed by atoms with Crippen molar-refractivity contribution in [2.24, 2.45) is 5.73 Å². The van der Waals surface area contributed by atoms with E-state index >= 15 is 0 Å². The zero-order valence-electron chi connectivity index (χ0n) is 11.9. The Balaban J connectivity index is 2.68. The van der Waals surface area contributed by atoms with E-state index in [2.05, 4.69) is 5.32 Å². The zero-order chi connectivity index (χ0) is 15.0. The molecule has 20 heavy (non-hydrogen) atoms. The topological polar surface area (TPSA) is 73.6 Å². The Kier molecular flexibility index (Phi) is 7.18. The summed E-state index contributed by atoms with van der Waals surface area (Å²) in [7, 11) is 3.04. The van der Waals surface area contributed by atoms with E-state index in [0.29, 0.717) is 35.2 Å². The van der Waals surface area contributed by atoms with Gasteiger partial charge in [0.15, 0.2) is 0 Å². The van der Waals surface area contributed by atoms with Crippen LogP contribution in [0.5, 0.6) is 11.5 Å². The Morgan fingerprint density at radius 3 is 2.50 bits per heavy atom. The number of carbonyl (C=O) groups is 1. The van der Waals surface area contributed by atoms with E-state index in [-0.39, 0.29) is 5.91 Å². The summed E-state index contributed by atoms with van der Waals surface area (Å²) < 4.78 is 10.3. The number of rotatable bonds is 8. The molecule has 0 bridgehead atoms. The molecule has 0 aromatic heterocycles. The van der Waals surface area contributed by atoms with Gasteiger partial charge in [-0.05, 0) is 19.4 Å². The van der Waals surface area contributed by atoms with E-state index in [9.17, 15) is 4.79 Å². The molecule has 0 saturated heterocycles. The van der Waals surface area contributed by atoms with Crippen LogP contribution in [0.1, 0.15) is 25.7 Å². The molecule has 1 aromatic rings. The summed E-state index contributed by atoms with van der Waals surface area (Å²) in [6.45, 7) is 0.657. The smallest absolute Gasteiger partial charge is 0.224 e. The van der Waals surface area contributed by atoms with Crippen molar-refractivity contribution >= 4 is 23.2 Å². The van der Waals surface area contributed by atoms with E-state index in [1.165, 1.54) is 14.2 Å². The first kappa shape index (κ1) is 16.6. The highest BCUT2D eigenvalue weighted by Gasteiger charge is 2.12. The lowest BCUT2D eigenvalue weighted by Gasteiger charge is -2.13. The molecule has 0 aliphatic rings. The molecule has 0 aliphatic carbocycles. The molecule has 6 heteroatoms. The van der Waals surface area contributed by atoms with Crippen LogP contribution in [0.25, 0.3) is 0 Å². The van der Waals surface area contributed by atoms with Crippen molar-refractivity contribution in [2.45, 2.75) is 25.7 Å². The highest BCUT2D eigenvalue weighted by Crippen LogP contribution is 2.35. The van der Waals surface area contributed by atoms with Crippen LogP contribution in [0.3, 0.4) is 0 Å². The summed E-state index contributed by atoms with van der Waals surface area (Å²) in [6, 6.07) is 3.27. The van der Waals surface area contributed by atoms with Gasteiger partial charge in [0, 0.05) is 18.6 Å². The van der Waals surface area contributed by atoms with Gasteiger partial charge in [0.05, 0.1) is 24.9 Å². The molecule has 1 aromatic carbocycles. The van der Waals surface area contributed by atoms with Crippen molar-refractivity contribution in [3.8, 4) is 11.5 Å². The molecule has 0 fully saturated rings. The second-order valence-electron chi connectivity index (χ2n) is 4.33. The molecule has 5 nitrogen and oxygen atoms in total. The summed E-state index contributed by atoms with van der Waals surface area (Å²) >= 11 is 6.01. The lowest BCUT2D eigenvalue weighted by atomic mass is 10.2. The predicted molar refractivity (Wildman–Crippen MR) is 80.7 cm³/mol. The number of amides is 1. The molecule has 0 saturated carbocycles. The van der Waals surface area contributed by atoms with Crippen molar-refractivity contribution in [3.05, 3.63) is 17.2 Å². The number of carbonyl (C=O) groups excluding carboxylic acids is 1. The number of anilines is 1. The second kappa shape index (κ2) is 8.66. The number of nitrogens with two attached hydrogens (primary N) is 1. The second-order valence-corrected chi connectivity index (χ2v) is 4.74. The quantitative estimate of drug-likeness (QED) is 0.724. The molecule has 0 unspecified atom stereocenters. The minimum atomic E-state index is -0.0651. The average molecular weight is 301 g/mol. The molecule has 0 aliphatic heterocycles. The monoisotopic (exact) mass is 300 g/mol. The molecule has 3 N–H and O–H groups in total. The lowest BCUT2D eigenvalue weighted by Crippen LogP contribution is -2.12. The van der Waals surface area contributed by atoms with Crippen molar-refractivity contribution in [1.29, 1.82) is 0 Å². The van der Waals surface area contributed by atoms with Gasteiger partial charge in [-0.15, -0.1) is 0 Å². The third kappa shape index (κ3) is 4.90. The van der Waals surface area contributed by atoms with Gasteiger partial charge in [-0.2, -0.15) is 0 Å². The van der Waals surface area contributed by atoms with Crippen LogP contribution in [0, 0.1) is 0 Å². The van der Waals surface area contributed by atoms with Crippen LogP contribution in [0.2, 0.25) is 5.02 Å². The number of unbranched alkanes of at least 4 members (excludes halogenated alkanes) is 2. The molecular weight excluding hydrogens is 280 g/mol.